The summed E-state index contributed by atoms with van der Waals surface area (Å²) in [5.41, 5.74) is 0.908. The number of carbonyl (C=O) groups excluding carboxylic acids is 2. The monoisotopic (exact) mass is 595 g/mol. The lowest BCUT2D eigenvalue weighted by Crippen LogP contribution is -2.52. The van der Waals surface area contributed by atoms with E-state index in [0.29, 0.717) is 49.7 Å². The van der Waals surface area contributed by atoms with Crippen molar-refractivity contribution in [3.05, 3.63) is 65.2 Å². The minimum absolute atomic E-state index is 0.0251. The number of nitrogens with zero attached hydrogens (tertiary/aromatic N) is 3. The molecule has 1 saturated heterocycles. The molecule has 2 aromatic rings. The number of rotatable bonds is 14. The van der Waals surface area contributed by atoms with Gasteiger partial charge in [-0.25, -0.2) is 8.42 Å². The van der Waals surface area contributed by atoms with Crippen LogP contribution in [0.15, 0.2) is 59.5 Å². The van der Waals surface area contributed by atoms with Crippen molar-refractivity contribution in [1.29, 1.82) is 0 Å². The van der Waals surface area contributed by atoms with Gasteiger partial charge in [0.15, 0.2) is 0 Å². The highest BCUT2D eigenvalue weighted by Crippen LogP contribution is 2.23. The quantitative estimate of drug-likeness (QED) is 0.305. The largest absolute Gasteiger partial charge is 0.383 e. The molecule has 0 aromatic heterocycles. The smallest absolute Gasteiger partial charge is 0.238 e. The molecule has 0 atom stereocenters. The fraction of sp³-hybridized carbons (Fsp3) is 0.500. The number of likely N-dealkylation sites (tertiary alicyclic amines) is 1. The summed E-state index contributed by atoms with van der Waals surface area (Å²) in [7, 11) is -2.09. The van der Waals surface area contributed by atoms with Crippen LogP contribution in [0.3, 0.4) is 0 Å². The Kier molecular flexibility index (Phi) is 12.6. The number of hydrogen-bond acceptors (Lipinski definition) is 6. The highest BCUT2D eigenvalue weighted by Gasteiger charge is 2.32. The van der Waals surface area contributed by atoms with Crippen LogP contribution in [0.2, 0.25) is 5.02 Å². The second kappa shape index (κ2) is 15.6. The van der Waals surface area contributed by atoms with Crippen LogP contribution in [0.25, 0.3) is 0 Å². The molecule has 0 spiro atoms. The minimum Gasteiger partial charge on any atom is -0.383 e. The highest BCUT2D eigenvalue weighted by atomic mass is 35.5. The normalized spacial score (nSPS) is 14.5. The van der Waals surface area contributed by atoms with E-state index in [0.717, 1.165) is 10.5 Å². The predicted molar refractivity (Wildman–Crippen MR) is 156 cm³/mol. The van der Waals surface area contributed by atoms with E-state index in [1.807, 2.05) is 47.4 Å². The van der Waals surface area contributed by atoms with E-state index in [9.17, 15) is 18.0 Å². The molecule has 0 bridgehead atoms. The summed E-state index contributed by atoms with van der Waals surface area (Å²) in [6, 6.07) is 17.0. The molecular formula is C28H38ClN3O5S2. The fourth-order valence-electron chi connectivity index (χ4n) is 4.53. The number of halogens is 1. The molecule has 1 aliphatic rings. The van der Waals surface area contributed by atoms with E-state index in [2.05, 4.69) is 0 Å². The van der Waals surface area contributed by atoms with Crippen molar-refractivity contribution in [3.8, 4) is 0 Å². The molecule has 3 rings (SSSR count). The zero-order valence-corrected chi connectivity index (χ0v) is 25.0. The van der Waals surface area contributed by atoms with Crippen molar-refractivity contribution in [2.45, 2.75) is 43.7 Å². The molecule has 0 unspecified atom stereocenters. The van der Waals surface area contributed by atoms with Crippen molar-refractivity contribution >= 4 is 45.2 Å². The van der Waals surface area contributed by atoms with Gasteiger partial charge in [0, 0.05) is 49.2 Å². The topological polar surface area (TPSA) is 87.2 Å². The molecule has 0 saturated carbocycles. The van der Waals surface area contributed by atoms with Gasteiger partial charge in [-0.1, -0.05) is 48.9 Å². The Morgan fingerprint density at radius 2 is 1.74 bits per heavy atom. The Labute approximate surface area is 241 Å². The van der Waals surface area contributed by atoms with Crippen molar-refractivity contribution < 1.29 is 22.7 Å². The first kappa shape index (κ1) is 31.4. The van der Waals surface area contributed by atoms with Gasteiger partial charge in [0.2, 0.25) is 21.8 Å². The first-order valence-electron chi connectivity index (χ1n) is 13.2. The maximum atomic E-state index is 13.7. The van der Waals surface area contributed by atoms with Gasteiger partial charge in [-0.15, -0.1) is 11.8 Å². The van der Waals surface area contributed by atoms with Crippen LogP contribution < -0.4 is 0 Å². The number of sulfonamides is 1. The van der Waals surface area contributed by atoms with Crippen molar-refractivity contribution in [2.75, 3.05) is 51.4 Å². The van der Waals surface area contributed by atoms with E-state index in [4.69, 9.17) is 16.3 Å². The van der Waals surface area contributed by atoms with Gasteiger partial charge in [0.05, 0.1) is 24.7 Å². The molecule has 0 radical (unpaired) electrons. The van der Waals surface area contributed by atoms with E-state index >= 15 is 0 Å². The van der Waals surface area contributed by atoms with E-state index in [-0.39, 0.29) is 43.3 Å². The standard InChI is InChI=1S/C28H38ClN3O5S2/c1-3-19-39(35,36)31(17-18-37-2)21-27(33)32(20-23-9-11-24(29)12-10-23)25-13-15-30(16-14-25)28(34)22-38-26-7-5-4-6-8-26/h4-12,25H,3,13-22H2,1-2H3. The van der Waals surface area contributed by atoms with Gasteiger partial charge in [0.25, 0.3) is 0 Å². The predicted octanol–water partition coefficient (Wildman–Crippen LogP) is 4.14. The van der Waals surface area contributed by atoms with Gasteiger partial charge in [-0.3, -0.25) is 9.59 Å². The van der Waals surface area contributed by atoms with Gasteiger partial charge in [-0.2, -0.15) is 4.31 Å². The Hall–Kier alpha value is -2.11. The Morgan fingerprint density at radius 3 is 2.36 bits per heavy atom. The van der Waals surface area contributed by atoms with Crippen LogP contribution in [0.1, 0.15) is 31.7 Å². The molecular weight excluding hydrogens is 558 g/mol. The molecule has 0 aliphatic carbocycles. The van der Waals surface area contributed by atoms with Crippen LogP contribution in [0, 0.1) is 0 Å². The lowest BCUT2D eigenvalue weighted by atomic mass is 10.0. The summed E-state index contributed by atoms with van der Waals surface area (Å²) < 4.78 is 32.1. The number of carbonyl (C=O) groups is 2. The third kappa shape index (κ3) is 9.79. The third-order valence-corrected chi connectivity index (χ3v) is 9.93. The van der Waals surface area contributed by atoms with Crippen molar-refractivity contribution in [3.63, 3.8) is 0 Å². The number of benzene rings is 2. The summed E-state index contributed by atoms with van der Waals surface area (Å²) in [5, 5.41) is 0.605. The second-order valence-electron chi connectivity index (χ2n) is 9.50. The van der Waals surface area contributed by atoms with Gasteiger partial charge < -0.3 is 14.5 Å². The van der Waals surface area contributed by atoms with Gasteiger partial charge in [-0.05, 0) is 49.1 Å². The van der Waals surface area contributed by atoms with Crippen LogP contribution in [-0.2, 0) is 30.9 Å². The van der Waals surface area contributed by atoms with Crippen LogP contribution in [-0.4, -0.2) is 91.8 Å². The lowest BCUT2D eigenvalue weighted by molar-refractivity contribution is -0.136. The second-order valence-corrected chi connectivity index (χ2v) is 13.1. The highest BCUT2D eigenvalue weighted by molar-refractivity contribution is 8.00. The van der Waals surface area contributed by atoms with Crippen molar-refractivity contribution in [2.24, 2.45) is 0 Å². The number of methoxy groups -OCH3 is 1. The molecule has 0 N–H and O–H groups in total. The molecule has 2 aromatic carbocycles. The number of ether oxygens (including phenoxy) is 1. The van der Waals surface area contributed by atoms with Crippen LogP contribution >= 0.6 is 23.4 Å². The average Bonchev–Trinajstić information content (AvgIpc) is 2.94. The number of thioether (sulfide) groups is 1. The summed E-state index contributed by atoms with van der Waals surface area (Å²) in [4.78, 5) is 31.2. The Bertz CT molecular complexity index is 1160. The fourth-order valence-corrected chi connectivity index (χ4v) is 6.91. The number of amides is 2. The Balaban J connectivity index is 1.69. The minimum atomic E-state index is -3.60. The third-order valence-electron chi connectivity index (χ3n) is 6.66. The molecule has 8 nitrogen and oxygen atoms in total. The van der Waals surface area contributed by atoms with Crippen molar-refractivity contribution in [1.82, 2.24) is 14.1 Å². The molecule has 1 heterocycles. The molecule has 1 aliphatic heterocycles. The SMILES string of the molecule is CCCS(=O)(=O)N(CCOC)CC(=O)N(Cc1ccc(Cl)cc1)C1CCN(C(=O)CSc2ccccc2)CC1. The summed E-state index contributed by atoms with van der Waals surface area (Å²) in [6.07, 6.45) is 1.71. The molecule has 39 heavy (non-hydrogen) atoms. The molecule has 11 heteroatoms. The van der Waals surface area contributed by atoms with Gasteiger partial charge >= 0.3 is 0 Å². The zero-order chi connectivity index (χ0) is 28.3. The molecule has 214 valence electrons. The first-order valence-corrected chi connectivity index (χ1v) is 16.2. The maximum absolute atomic E-state index is 13.7. The lowest BCUT2D eigenvalue weighted by Gasteiger charge is -2.39. The summed E-state index contributed by atoms with van der Waals surface area (Å²) in [5.74, 6) is 0.161. The number of hydrogen-bond donors (Lipinski definition) is 0. The molecule has 2 amide bonds. The summed E-state index contributed by atoms with van der Waals surface area (Å²) >= 11 is 7.58. The molecule has 1 fully saturated rings. The van der Waals surface area contributed by atoms with E-state index in [1.165, 1.54) is 23.2 Å². The number of piperidine rings is 1. The Morgan fingerprint density at radius 1 is 1.08 bits per heavy atom. The first-order chi connectivity index (χ1) is 18.7. The van der Waals surface area contributed by atoms with Crippen LogP contribution in [0.4, 0.5) is 0 Å². The van der Waals surface area contributed by atoms with Gasteiger partial charge in [0.1, 0.15) is 0 Å². The van der Waals surface area contributed by atoms with Crippen LogP contribution in [0.5, 0.6) is 0 Å². The maximum Gasteiger partial charge on any atom is 0.238 e. The summed E-state index contributed by atoms with van der Waals surface area (Å²) in [6.45, 7) is 3.31. The van der Waals surface area contributed by atoms with E-state index < -0.39 is 10.0 Å². The zero-order valence-electron chi connectivity index (χ0n) is 22.6. The average molecular weight is 596 g/mol. The van der Waals surface area contributed by atoms with E-state index in [1.54, 1.807) is 24.0 Å².